The smallest absolute Gasteiger partial charge is 0.334 e. The quantitative estimate of drug-likeness (QED) is 0.806. The van der Waals surface area contributed by atoms with E-state index >= 15 is 0 Å². The van der Waals surface area contributed by atoms with Crippen LogP contribution in [0.5, 0.6) is 0 Å². The van der Waals surface area contributed by atoms with E-state index in [9.17, 15) is 4.79 Å². The van der Waals surface area contributed by atoms with Gasteiger partial charge in [-0.15, -0.1) is 0 Å². The molecule has 3 heterocycles. The van der Waals surface area contributed by atoms with Crippen LogP contribution in [0.3, 0.4) is 0 Å². The van der Waals surface area contributed by atoms with Gasteiger partial charge < -0.3 is 4.57 Å². The van der Waals surface area contributed by atoms with Gasteiger partial charge in [0.25, 0.3) is 0 Å². The second kappa shape index (κ2) is 7.34. The van der Waals surface area contributed by atoms with Gasteiger partial charge in [0.1, 0.15) is 11.6 Å². The fourth-order valence-electron chi connectivity index (χ4n) is 3.67. The Morgan fingerprint density at radius 3 is 2.92 bits per heavy atom. The van der Waals surface area contributed by atoms with Crippen LogP contribution in [0, 0.1) is 0 Å². The molecule has 24 heavy (non-hydrogen) atoms. The lowest BCUT2D eigenvalue weighted by molar-refractivity contribution is 0.188. The molecule has 1 fully saturated rings. The molecule has 0 bridgehead atoms. The highest BCUT2D eigenvalue weighted by Gasteiger charge is 2.27. The zero-order valence-corrected chi connectivity index (χ0v) is 15.0. The minimum Gasteiger partial charge on any atom is -0.334 e. The summed E-state index contributed by atoms with van der Waals surface area (Å²) in [6, 6.07) is 0. The Morgan fingerprint density at radius 2 is 2.17 bits per heavy atom. The summed E-state index contributed by atoms with van der Waals surface area (Å²) in [6.45, 7) is 8.78. The zero-order valence-electron chi connectivity index (χ0n) is 15.0. The molecule has 2 aromatic rings. The number of hydrogen-bond acceptors (Lipinski definition) is 4. The lowest BCUT2D eigenvalue weighted by Gasteiger charge is -2.32. The molecule has 1 aliphatic rings. The topological polar surface area (TPSA) is 60.9 Å². The van der Waals surface area contributed by atoms with Gasteiger partial charge in [-0.25, -0.2) is 14.5 Å². The lowest BCUT2D eigenvalue weighted by Crippen LogP contribution is -2.36. The molecular weight excluding hydrogens is 304 g/mol. The molecule has 3 rings (SSSR count). The predicted octanol–water partition coefficient (Wildman–Crippen LogP) is 1.59. The molecule has 0 spiro atoms. The molecule has 1 aliphatic heterocycles. The summed E-state index contributed by atoms with van der Waals surface area (Å²) in [5.41, 5.74) is -0.0110. The Balaban J connectivity index is 1.74. The van der Waals surface area contributed by atoms with E-state index in [1.807, 2.05) is 17.7 Å². The molecular formula is C17H28N6O. The molecule has 1 atom stereocenters. The molecule has 132 valence electrons. The number of likely N-dealkylation sites (tertiary alicyclic amines) is 1. The SMILES string of the molecule is CCCn1ccnc1CN1CCCC(c2nn(C)c(=O)n2CC)C1. The zero-order chi connectivity index (χ0) is 17.1. The molecule has 7 heteroatoms. The van der Waals surface area contributed by atoms with Gasteiger partial charge in [-0.1, -0.05) is 6.92 Å². The van der Waals surface area contributed by atoms with Gasteiger partial charge in [-0.05, 0) is 32.7 Å². The minimum absolute atomic E-state index is 0.0110. The number of rotatable bonds is 6. The van der Waals surface area contributed by atoms with Crippen LogP contribution >= 0.6 is 0 Å². The van der Waals surface area contributed by atoms with Crippen LogP contribution < -0.4 is 5.69 Å². The first-order chi connectivity index (χ1) is 11.6. The van der Waals surface area contributed by atoms with E-state index in [2.05, 4.69) is 32.7 Å². The normalized spacial score (nSPS) is 19.0. The molecule has 0 saturated carbocycles. The Kier molecular flexibility index (Phi) is 5.18. The van der Waals surface area contributed by atoms with Gasteiger partial charge in [0.2, 0.25) is 0 Å². The summed E-state index contributed by atoms with van der Waals surface area (Å²) < 4.78 is 5.52. The third-order valence-electron chi connectivity index (χ3n) is 4.85. The summed E-state index contributed by atoms with van der Waals surface area (Å²) in [6.07, 6.45) is 7.29. The summed E-state index contributed by atoms with van der Waals surface area (Å²) in [7, 11) is 1.74. The van der Waals surface area contributed by atoms with Gasteiger partial charge in [-0.3, -0.25) is 9.47 Å². The average molecular weight is 332 g/mol. The van der Waals surface area contributed by atoms with E-state index in [1.54, 1.807) is 7.05 Å². The van der Waals surface area contributed by atoms with Crippen molar-refractivity contribution in [2.24, 2.45) is 7.05 Å². The largest absolute Gasteiger partial charge is 0.345 e. The molecule has 0 aliphatic carbocycles. The predicted molar refractivity (Wildman–Crippen MR) is 92.9 cm³/mol. The van der Waals surface area contributed by atoms with Gasteiger partial charge in [-0.2, -0.15) is 5.10 Å². The third kappa shape index (κ3) is 3.31. The van der Waals surface area contributed by atoms with Crippen LogP contribution in [0.15, 0.2) is 17.2 Å². The van der Waals surface area contributed by atoms with Gasteiger partial charge in [0.05, 0.1) is 6.54 Å². The number of aryl methyl sites for hydroxylation is 2. The van der Waals surface area contributed by atoms with Crippen LogP contribution in [0.4, 0.5) is 0 Å². The van der Waals surface area contributed by atoms with E-state index in [0.717, 1.165) is 57.1 Å². The molecule has 1 unspecified atom stereocenters. The van der Waals surface area contributed by atoms with Crippen molar-refractivity contribution in [3.05, 3.63) is 34.5 Å². The van der Waals surface area contributed by atoms with Crippen molar-refractivity contribution in [3.8, 4) is 0 Å². The molecule has 0 radical (unpaired) electrons. The summed E-state index contributed by atoms with van der Waals surface area (Å²) in [4.78, 5) is 19.1. The summed E-state index contributed by atoms with van der Waals surface area (Å²) >= 11 is 0. The van der Waals surface area contributed by atoms with Gasteiger partial charge in [0, 0.05) is 45.0 Å². The highest BCUT2D eigenvalue weighted by molar-refractivity contribution is 5.02. The molecule has 0 aromatic carbocycles. The van der Waals surface area contributed by atoms with Crippen molar-refractivity contribution in [2.75, 3.05) is 13.1 Å². The second-order valence-electron chi connectivity index (χ2n) is 6.62. The standard InChI is InChI=1S/C17H28N6O/c1-4-9-22-11-8-18-15(22)13-21-10-6-7-14(12-21)16-19-20(3)17(24)23(16)5-2/h8,11,14H,4-7,9-10,12-13H2,1-3H3. The summed E-state index contributed by atoms with van der Waals surface area (Å²) in [5, 5.41) is 4.50. The Labute approximate surface area is 142 Å². The molecule has 7 nitrogen and oxygen atoms in total. The first kappa shape index (κ1) is 17.0. The van der Waals surface area contributed by atoms with Gasteiger partial charge >= 0.3 is 5.69 Å². The van der Waals surface area contributed by atoms with E-state index in [4.69, 9.17) is 0 Å². The Morgan fingerprint density at radius 1 is 1.33 bits per heavy atom. The third-order valence-corrected chi connectivity index (χ3v) is 4.85. The van der Waals surface area contributed by atoms with Crippen LogP contribution in [0.2, 0.25) is 0 Å². The molecule has 0 amide bonds. The Bertz CT molecular complexity index is 728. The first-order valence-corrected chi connectivity index (χ1v) is 9.00. The number of nitrogens with zero attached hydrogens (tertiary/aromatic N) is 6. The molecule has 0 N–H and O–H groups in total. The summed E-state index contributed by atoms with van der Waals surface area (Å²) in [5.74, 6) is 2.39. The number of piperidine rings is 1. The number of aromatic nitrogens is 5. The van der Waals surface area contributed by atoms with Crippen molar-refractivity contribution >= 4 is 0 Å². The van der Waals surface area contributed by atoms with E-state index < -0.39 is 0 Å². The highest BCUT2D eigenvalue weighted by Crippen LogP contribution is 2.26. The van der Waals surface area contributed by atoms with Crippen molar-refractivity contribution in [3.63, 3.8) is 0 Å². The fourth-order valence-corrected chi connectivity index (χ4v) is 3.67. The lowest BCUT2D eigenvalue weighted by atomic mass is 9.97. The molecule has 1 saturated heterocycles. The van der Waals surface area contributed by atoms with Crippen molar-refractivity contribution in [2.45, 2.75) is 58.7 Å². The van der Waals surface area contributed by atoms with E-state index in [0.29, 0.717) is 12.5 Å². The monoisotopic (exact) mass is 332 g/mol. The van der Waals surface area contributed by atoms with Crippen LogP contribution in [0.1, 0.15) is 50.7 Å². The van der Waals surface area contributed by atoms with E-state index in [-0.39, 0.29) is 5.69 Å². The maximum Gasteiger partial charge on any atom is 0.345 e. The van der Waals surface area contributed by atoms with Crippen molar-refractivity contribution in [1.82, 2.24) is 28.8 Å². The maximum atomic E-state index is 12.2. The molecule has 2 aromatic heterocycles. The second-order valence-corrected chi connectivity index (χ2v) is 6.62. The van der Waals surface area contributed by atoms with Gasteiger partial charge in [0.15, 0.2) is 0 Å². The van der Waals surface area contributed by atoms with Crippen LogP contribution in [0.25, 0.3) is 0 Å². The number of imidazole rings is 1. The average Bonchev–Trinajstić information content (AvgIpc) is 3.13. The van der Waals surface area contributed by atoms with Crippen molar-refractivity contribution in [1.29, 1.82) is 0 Å². The number of hydrogen-bond donors (Lipinski definition) is 0. The fraction of sp³-hybridized carbons (Fsp3) is 0.706. The van der Waals surface area contributed by atoms with E-state index in [1.165, 1.54) is 4.68 Å². The Hall–Kier alpha value is -1.89. The highest BCUT2D eigenvalue weighted by atomic mass is 16.2. The maximum absolute atomic E-state index is 12.2. The van der Waals surface area contributed by atoms with Crippen LogP contribution in [-0.4, -0.2) is 41.9 Å². The minimum atomic E-state index is -0.0110. The van der Waals surface area contributed by atoms with Crippen LogP contribution in [-0.2, 0) is 26.7 Å². The first-order valence-electron chi connectivity index (χ1n) is 9.00. The van der Waals surface area contributed by atoms with Crippen molar-refractivity contribution < 1.29 is 0 Å².